The summed E-state index contributed by atoms with van der Waals surface area (Å²) in [5.74, 6) is 0. The van der Waals surface area contributed by atoms with Crippen LogP contribution in [-0.4, -0.2) is 42.5 Å². The van der Waals surface area contributed by atoms with Gasteiger partial charge in [0.05, 0.1) is 22.7 Å². The molecule has 0 bridgehead atoms. The van der Waals surface area contributed by atoms with E-state index >= 15 is 0 Å². The van der Waals surface area contributed by atoms with E-state index in [1.165, 1.54) is 5.56 Å². The zero-order chi connectivity index (χ0) is 13.0. The molecule has 0 aromatic heterocycles. The molecule has 5 heteroatoms. The quantitative estimate of drug-likeness (QED) is 0.799. The minimum Gasteiger partial charge on any atom is -0.297 e. The molecule has 0 unspecified atom stereocenters. The Balaban J connectivity index is 1.88. The van der Waals surface area contributed by atoms with Gasteiger partial charge in [0.15, 0.2) is 0 Å². The molecule has 1 aromatic rings. The van der Waals surface area contributed by atoms with Crippen LogP contribution < -0.4 is 0 Å². The average molecular weight is 284 g/mol. The molecule has 1 fully saturated rings. The van der Waals surface area contributed by atoms with Gasteiger partial charge in [-0.05, 0) is 17.7 Å². The molecule has 3 nitrogen and oxygen atoms in total. The first-order valence-corrected chi connectivity index (χ1v) is 6.70. The number of hydrogen-bond acceptors (Lipinski definition) is 3. The molecule has 0 saturated carbocycles. The monoisotopic (exact) mass is 283 g/mol. The lowest BCUT2D eigenvalue weighted by atomic mass is 10.2. The third-order valence-corrected chi connectivity index (χ3v) is 3.89. The first-order valence-electron chi connectivity index (χ1n) is 5.94. The number of rotatable bonds is 3. The van der Waals surface area contributed by atoms with Crippen LogP contribution in [0.4, 0.5) is 0 Å². The second kappa shape index (κ2) is 6.40. The van der Waals surface area contributed by atoms with E-state index in [2.05, 4.69) is 15.9 Å². The maximum absolute atomic E-state index is 8.64. The fraction of sp³-hybridized carbons (Fsp3) is 0.462. The maximum atomic E-state index is 8.64. The Labute approximate surface area is 117 Å². The van der Waals surface area contributed by atoms with Gasteiger partial charge >= 0.3 is 0 Å². The standard InChI is InChI=1S/C13H15Cl2N3/c14-12-2-1-11(9-13(12)15)10-18-7-5-17(4-3-16)6-8-18/h1-2,9H,4-8,10H2. The van der Waals surface area contributed by atoms with Crippen molar-refractivity contribution in [3.05, 3.63) is 33.8 Å². The summed E-state index contributed by atoms with van der Waals surface area (Å²) in [6, 6.07) is 7.96. The van der Waals surface area contributed by atoms with Crippen LogP contribution in [0.2, 0.25) is 10.0 Å². The van der Waals surface area contributed by atoms with Gasteiger partial charge in [0.25, 0.3) is 0 Å². The molecule has 1 aromatic carbocycles. The largest absolute Gasteiger partial charge is 0.297 e. The summed E-state index contributed by atoms with van der Waals surface area (Å²) < 4.78 is 0. The molecule has 1 aliphatic heterocycles. The molecule has 18 heavy (non-hydrogen) atoms. The second-order valence-corrected chi connectivity index (χ2v) is 5.27. The van der Waals surface area contributed by atoms with Crippen molar-refractivity contribution in [2.24, 2.45) is 0 Å². The molecule has 2 rings (SSSR count). The van der Waals surface area contributed by atoms with E-state index < -0.39 is 0 Å². The summed E-state index contributed by atoms with van der Waals surface area (Å²) in [5.41, 5.74) is 1.18. The minimum absolute atomic E-state index is 0.528. The predicted molar refractivity (Wildman–Crippen MR) is 73.8 cm³/mol. The van der Waals surface area contributed by atoms with E-state index in [4.69, 9.17) is 28.5 Å². The Hall–Kier alpha value is -0.790. The number of nitriles is 1. The topological polar surface area (TPSA) is 30.3 Å². The Morgan fingerprint density at radius 1 is 1.06 bits per heavy atom. The van der Waals surface area contributed by atoms with Gasteiger partial charge in [0, 0.05) is 32.7 Å². The van der Waals surface area contributed by atoms with Gasteiger partial charge in [-0.3, -0.25) is 9.80 Å². The third-order valence-electron chi connectivity index (χ3n) is 3.15. The van der Waals surface area contributed by atoms with Gasteiger partial charge in [0.2, 0.25) is 0 Å². The van der Waals surface area contributed by atoms with Crippen LogP contribution in [0.25, 0.3) is 0 Å². The smallest absolute Gasteiger partial charge is 0.0866 e. The van der Waals surface area contributed by atoms with Crippen LogP contribution in [0, 0.1) is 11.3 Å². The maximum Gasteiger partial charge on any atom is 0.0866 e. The summed E-state index contributed by atoms with van der Waals surface area (Å²) in [7, 11) is 0. The molecule has 1 heterocycles. The van der Waals surface area contributed by atoms with Gasteiger partial charge < -0.3 is 0 Å². The van der Waals surface area contributed by atoms with Crippen LogP contribution in [0.3, 0.4) is 0 Å². The highest BCUT2D eigenvalue weighted by Gasteiger charge is 2.16. The lowest BCUT2D eigenvalue weighted by molar-refractivity contribution is 0.138. The first kappa shape index (κ1) is 13.6. The SMILES string of the molecule is N#CCN1CCN(Cc2ccc(Cl)c(Cl)c2)CC1. The van der Waals surface area contributed by atoms with Crippen molar-refractivity contribution in [3.63, 3.8) is 0 Å². The molecule has 0 N–H and O–H groups in total. The second-order valence-electron chi connectivity index (χ2n) is 4.46. The van der Waals surface area contributed by atoms with Crippen LogP contribution in [0.1, 0.15) is 5.56 Å². The van der Waals surface area contributed by atoms with E-state index in [9.17, 15) is 0 Å². The molecule has 0 atom stereocenters. The Kier molecular flexibility index (Phi) is 4.85. The fourth-order valence-electron chi connectivity index (χ4n) is 2.10. The van der Waals surface area contributed by atoms with E-state index in [0.29, 0.717) is 16.6 Å². The summed E-state index contributed by atoms with van der Waals surface area (Å²) in [4.78, 5) is 4.54. The number of nitrogens with zero attached hydrogens (tertiary/aromatic N) is 3. The lowest BCUT2D eigenvalue weighted by Crippen LogP contribution is -2.45. The van der Waals surface area contributed by atoms with Crippen LogP contribution >= 0.6 is 23.2 Å². The number of halogens is 2. The molecule has 0 spiro atoms. The number of piperazine rings is 1. The van der Waals surface area contributed by atoms with E-state index in [1.54, 1.807) is 0 Å². The fourth-order valence-corrected chi connectivity index (χ4v) is 2.42. The van der Waals surface area contributed by atoms with Gasteiger partial charge in [-0.15, -0.1) is 0 Å². The molecule has 0 radical (unpaired) electrons. The Morgan fingerprint density at radius 2 is 1.72 bits per heavy atom. The van der Waals surface area contributed by atoms with Crippen molar-refractivity contribution in [3.8, 4) is 6.07 Å². The van der Waals surface area contributed by atoms with Crippen molar-refractivity contribution in [1.29, 1.82) is 5.26 Å². The zero-order valence-electron chi connectivity index (χ0n) is 10.1. The lowest BCUT2D eigenvalue weighted by Gasteiger charge is -2.33. The minimum atomic E-state index is 0.528. The van der Waals surface area contributed by atoms with Crippen molar-refractivity contribution < 1.29 is 0 Å². The van der Waals surface area contributed by atoms with Crippen LogP contribution in [-0.2, 0) is 6.54 Å². The van der Waals surface area contributed by atoms with Crippen molar-refractivity contribution in [2.45, 2.75) is 6.54 Å². The van der Waals surface area contributed by atoms with Gasteiger partial charge in [-0.1, -0.05) is 29.3 Å². The zero-order valence-corrected chi connectivity index (χ0v) is 11.6. The van der Waals surface area contributed by atoms with E-state index in [1.807, 2.05) is 18.2 Å². The normalized spacial score (nSPS) is 17.6. The highest BCUT2D eigenvalue weighted by Crippen LogP contribution is 2.23. The summed E-state index contributed by atoms with van der Waals surface area (Å²) in [6.07, 6.45) is 0. The summed E-state index contributed by atoms with van der Waals surface area (Å²) >= 11 is 11.9. The van der Waals surface area contributed by atoms with Crippen molar-refractivity contribution >= 4 is 23.2 Å². The van der Waals surface area contributed by atoms with Crippen molar-refractivity contribution in [1.82, 2.24) is 9.80 Å². The summed E-state index contributed by atoms with van der Waals surface area (Å²) in [6.45, 7) is 5.30. The van der Waals surface area contributed by atoms with Crippen LogP contribution in [0.5, 0.6) is 0 Å². The third kappa shape index (κ3) is 3.60. The van der Waals surface area contributed by atoms with E-state index in [0.717, 1.165) is 32.7 Å². The molecule has 0 amide bonds. The molecular weight excluding hydrogens is 269 g/mol. The van der Waals surface area contributed by atoms with Gasteiger partial charge in [0.1, 0.15) is 0 Å². The van der Waals surface area contributed by atoms with Crippen molar-refractivity contribution in [2.75, 3.05) is 32.7 Å². The average Bonchev–Trinajstić information content (AvgIpc) is 2.37. The summed E-state index contributed by atoms with van der Waals surface area (Å²) in [5, 5.41) is 9.85. The molecular formula is C13H15Cl2N3. The Bertz CT molecular complexity index is 448. The van der Waals surface area contributed by atoms with Gasteiger partial charge in [-0.2, -0.15) is 5.26 Å². The van der Waals surface area contributed by atoms with Gasteiger partial charge in [-0.25, -0.2) is 0 Å². The molecule has 0 aliphatic carbocycles. The predicted octanol–water partition coefficient (Wildman–Crippen LogP) is 2.63. The number of benzene rings is 1. The molecule has 1 saturated heterocycles. The van der Waals surface area contributed by atoms with E-state index in [-0.39, 0.29) is 0 Å². The Morgan fingerprint density at radius 3 is 2.33 bits per heavy atom. The highest BCUT2D eigenvalue weighted by atomic mass is 35.5. The number of hydrogen-bond donors (Lipinski definition) is 0. The van der Waals surface area contributed by atoms with Crippen LogP contribution in [0.15, 0.2) is 18.2 Å². The first-order chi connectivity index (χ1) is 8.69. The molecule has 1 aliphatic rings. The highest BCUT2D eigenvalue weighted by molar-refractivity contribution is 6.42. The molecule has 96 valence electrons.